The number of rotatable bonds is 0. The summed E-state index contributed by atoms with van der Waals surface area (Å²) in [7, 11) is 0. The highest BCUT2D eigenvalue weighted by Gasteiger charge is 2.23. The molecule has 1 N–H and O–H groups in total. The van der Waals surface area contributed by atoms with Crippen molar-refractivity contribution in [3.8, 4) is 0 Å². The summed E-state index contributed by atoms with van der Waals surface area (Å²) in [6, 6.07) is 0. The van der Waals surface area contributed by atoms with Gasteiger partial charge in [-0.3, -0.25) is 0 Å². The average Bonchev–Trinajstić information content (AvgIpc) is 1.82. The van der Waals surface area contributed by atoms with Gasteiger partial charge in [0.1, 0.15) is 0 Å². The standard InChI is InChI=1S/C7H12O/c1-6-3-4-7(2,8)5-6/h3-4,6,8H,5H2,1-2H3. The maximum atomic E-state index is 9.28. The van der Waals surface area contributed by atoms with Crippen LogP contribution in [0.15, 0.2) is 12.2 Å². The minimum atomic E-state index is -0.514. The monoisotopic (exact) mass is 112 g/mol. The largest absolute Gasteiger partial charge is 0.386 e. The van der Waals surface area contributed by atoms with Crippen molar-refractivity contribution in [3.05, 3.63) is 12.2 Å². The fraction of sp³-hybridized carbons (Fsp3) is 0.714. The van der Waals surface area contributed by atoms with Crippen LogP contribution in [-0.2, 0) is 0 Å². The van der Waals surface area contributed by atoms with Crippen LogP contribution in [0.25, 0.3) is 0 Å². The fourth-order valence-electron chi connectivity index (χ4n) is 1.16. The van der Waals surface area contributed by atoms with Gasteiger partial charge in [0.25, 0.3) is 0 Å². The first-order valence-corrected chi connectivity index (χ1v) is 3.02. The highest BCUT2D eigenvalue weighted by atomic mass is 16.3. The molecule has 0 aliphatic heterocycles. The van der Waals surface area contributed by atoms with Gasteiger partial charge >= 0.3 is 0 Å². The molecule has 0 saturated carbocycles. The smallest absolute Gasteiger partial charge is 0.0805 e. The van der Waals surface area contributed by atoms with Crippen LogP contribution in [0.5, 0.6) is 0 Å². The van der Waals surface area contributed by atoms with Crippen LogP contribution < -0.4 is 0 Å². The average molecular weight is 112 g/mol. The Morgan fingerprint density at radius 2 is 2.38 bits per heavy atom. The van der Waals surface area contributed by atoms with E-state index in [9.17, 15) is 5.11 Å². The molecule has 46 valence electrons. The molecule has 1 aliphatic rings. The predicted molar refractivity (Wildman–Crippen MR) is 33.5 cm³/mol. The van der Waals surface area contributed by atoms with Gasteiger partial charge in [0.15, 0.2) is 0 Å². The van der Waals surface area contributed by atoms with E-state index < -0.39 is 5.60 Å². The van der Waals surface area contributed by atoms with E-state index in [-0.39, 0.29) is 0 Å². The maximum absolute atomic E-state index is 9.28. The van der Waals surface area contributed by atoms with Gasteiger partial charge in [-0.05, 0) is 19.3 Å². The Hall–Kier alpha value is -0.300. The molecule has 0 aromatic carbocycles. The van der Waals surface area contributed by atoms with Crippen LogP contribution in [0.3, 0.4) is 0 Å². The molecule has 0 amide bonds. The number of aliphatic hydroxyl groups is 1. The molecule has 0 radical (unpaired) electrons. The second-order valence-corrected chi connectivity index (χ2v) is 2.90. The van der Waals surface area contributed by atoms with Gasteiger partial charge in [-0.1, -0.05) is 19.1 Å². The molecule has 0 spiro atoms. The Morgan fingerprint density at radius 3 is 2.50 bits per heavy atom. The fourth-order valence-corrected chi connectivity index (χ4v) is 1.16. The van der Waals surface area contributed by atoms with E-state index >= 15 is 0 Å². The van der Waals surface area contributed by atoms with E-state index in [1.54, 1.807) is 0 Å². The summed E-state index contributed by atoms with van der Waals surface area (Å²) in [6.45, 7) is 3.95. The van der Waals surface area contributed by atoms with E-state index in [1.165, 1.54) is 0 Å². The van der Waals surface area contributed by atoms with Crippen molar-refractivity contribution in [1.82, 2.24) is 0 Å². The molecular weight excluding hydrogens is 100 g/mol. The predicted octanol–water partition coefficient (Wildman–Crippen LogP) is 1.33. The van der Waals surface area contributed by atoms with E-state index in [2.05, 4.69) is 13.0 Å². The minimum absolute atomic E-state index is 0.514. The quantitative estimate of drug-likeness (QED) is 0.469. The highest BCUT2D eigenvalue weighted by molar-refractivity contribution is 5.08. The second-order valence-electron chi connectivity index (χ2n) is 2.90. The molecular formula is C7H12O. The lowest BCUT2D eigenvalue weighted by atomic mass is 10.0. The van der Waals surface area contributed by atoms with Crippen molar-refractivity contribution in [1.29, 1.82) is 0 Å². The number of hydrogen-bond donors (Lipinski definition) is 1. The summed E-state index contributed by atoms with van der Waals surface area (Å²) in [5.74, 6) is 0.560. The Balaban J connectivity index is 2.58. The van der Waals surface area contributed by atoms with Gasteiger partial charge in [0.2, 0.25) is 0 Å². The van der Waals surface area contributed by atoms with Crippen LogP contribution in [0.1, 0.15) is 20.3 Å². The first-order chi connectivity index (χ1) is 3.60. The SMILES string of the molecule is CC1C=CC(C)(O)C1. The highest BCUT2D eigenvalue weighted by Crippen LogP contribution is 2.25. The van der Waals surface area contributed by atoms with Crippen LogP contribution in [0, 0.1) is 5.92 Å². The molecule has 2 unspecified atom stereocenters. The van der Waals surface area contributed by atoms with Gasteiger partial charge in [-0.2, -0.15) is 0 Å². The lowest BCUT2D eigenvalue weighted by Crippen LogP contribution is -2.17. The molecule has 0 fully saturated rings. The minimum Gasteiger partial charge on any atom is -0.386 e. The van der Waals surface area contributed by atoms with Crippen LogP contribution >= 0.6 is 0 Å². The molecule has 0 aromatic heterocycles. The van der Waals surface area contributed by atoms with Crippen LogP contribution in [-0.4, -0.2) is 10.7 Å². The van der Waals surface area contributed by atoms with Crippen molar-refractivity contribution in [2.24, 2.45) is 5.92 Å². The van der Waals surface area contributed by atoms with E-state index in [0.29, 0.717) is 5.92 Å². The maximum Gasteiger partial charge on any atom is 0.0805 e. The Morgan fingerprint density at radius 1 is 1.75 bits per heavy atom. The normalized spacial score (nSPS) is 45.6. The molecule has 0 bridgehead atoms. The molecule has 1 heteroatoms. The molecule has 8 heavy (non-hydrogen) atoms. The topological polar surface area (TPSA) is 20.2 Å². The summed E-state index contributed by atoms with van der Waals surface area (Å²) in [5.41, 5.74) is -0.514. The summed E-state index contributed by atoms with van der Waals surface area (Å²) in [5, 5.41) is 9.28. The van der Waals surface area contributed by atoms with Gasteiger partial charge in [-0.25, -0.2) is 0 Å². The lowest BCUT2D eigenvalue weighted by Gasteiger charge is -2.13. The van der Waals surface area contributed by atoms with Crippen molar-refractivity contribution < 1.29 is 5.11 Å². The van der Waals surface area contributed by atoms with Crippen molar-refractivity contribution in [2.45, 2.75) is 25.9 Å². The third kappa shape index (κ3) is 1.10. The Kier molecular flexibility index (Phi) is 1.16. The molecule has 2 atom stereocenters. The van der Waals surface area contributed by atoms with E-state index in [0.717, 1.165) is 6.42 Å². The van der Waals surface area contributed by atoms with Gasteiger partial charge in [0, 0.05) is 0 Å². The van der Waals surface area contributed by atoms with Gasteiger partial charge in [-0.15, -0.1) is 0 Å². The van der Waals surface area contributed by atoms with Gasteiger partial charge in [0.05, 0.1) is 5.60 Å². The first-order valence-electron chi connectivity index (χ1n) is 3.02. The van der Waals surface area contributed by atoms with Crippen molar-refractivity contribution >= 4 is 0 Å². The molecule has 0 saturated heterocycles. The second kappa shape index (κ2) is 1.59. The molecule has 1 rings (SSSR count). The summed E-state index contributed by atoms with van der Waals surface area (Å²) < 4.78 is 0. The first kappa shape index (κ1) is 5.83. The summed E-state index contributed by atoms with van der Waals surface area (Å²) in [6.07, 6.45) is 4.81. The number of hydrogen-bond acceptors (Lipinski definition) is 1. The zero-order valence-electron chi connectivity index (χ0n) is 5.39. The third-order valence-corrected chi connectivity index (χ3v) is 1.52. The molecule has 1 aliphatic carbocycles. The Labute approximate surface area is 50.0 Å². The molecule has 0 aromatic rings. The summed E-state index contributed by atoms with van der Waals surface area (Å²) >= 11 is 0. The third-order valence-electron chi connectivity index (χ3n) is 1.52. The lowest BCUT2D eigenvalue weighted by molar-refractivity contribution is 0.103. The Bertz CT molecular complexity index is 114. The zero-order chi connectivity index (χ0) is 6.20. The van der Waals surface area contributed by atoms with Crippen molar-refractivity contribution in [2.75, 3.05) is 0 Å². The van der Waals surface area contributed by atoms with Crippen molar-refractivity contribution in [3.63, 3.8) is 0 Å². The molecule has 1 nitrogen and oxygen atoms in total. The molecule has 0 heterocycles. The number of allylic oxidation sites excluding steroid dienone is 1. The van der Waals surface area contributed by atoms with Gasteiger partial charge < -0.3 is 5.11 Å². The zero-order valence-corrected chi connectivity index (χ0v) is 5.39. The van der Waals surface area contributed by atoms with E-state index in [4.69, 9.17) is 0 Å². The van der Waals surface area contributed by atoms with E-state index in [1.807, 2.05) is 13.0 Å². The van der Waals surface area contributed by atoms with Crippen LogP contribution in [0.4, 0.5) is 0 Å². The van der Waals surface area contributed by atoms with Crippen LogP contribution in [0.2, 0.25) is 0 Å². The summed E-state index contributed by atoms with van der Waals surface area (Å²) in [4.78, 5) is 0.